The first kappa shape index (κ1) is 13.5. The standard InChI is InChI=1S/C17H19ClN2/c1-12-6-8-14-4-2-3-5-16(14)20(12)17-9-7-13(11-19)10-15(17)18/h2-5,7,9-10,12H,6,8,11,19H2,1H3. The van der Waals surface area contributed by atoms with E-state index in [9.17, 15) is 0 Å². The van der Waals surface area contributed by atoms with Gasteiger partial charge in [-0.3, -0.25) is 0 Å². The Kier molecular flexibility index (Phi) is 3.68. The molecule has 0 fully saturated rings. The first-order chi connectivity index (χ1) is 9.70. The zero-order valence-corrected chi connectivity index (χ0v) is 12.4. The van der Waals surface area contributed by atoms with Crippen LogP contribution in [-0.2, 0) is 13.0 Å². The van der Waals surface area contributed by atoms with E-state index in [4.69, 9.17) is 17.3 Å². The molecule has 1 aliphatic rings. The van der Waals surface area contributed by atoms with Crippen molar-refractivity contribution in [2.24, 2.45) is 5.73 Å². The molecule has 0 bridgehead atoms. The smallest absolute Gasteiger partial charge is 0.0646 e. The van der Waals surface area contributed by atoms with Crippen molar-refractivity contribution < 1.29 is 0 Å². The van der Waals surface area contributed by atoms with E-state index in [1.54, 1.807) is 0 Å². The first-order valence-electron chi connectivity index (χ1n) is 7.06. The summed E-state index contributed by atoms with van der Waals surface area (Å²) in [6.07, 6.45) is 2.28. The molecule has 0 amide bonds. The van der Waals surface area contributed by atoms with E-state index in [1.165, 1.54) is 11.3 Å². The Balaban J connectivity index is 2.09. The van der Waals surface area contributed by atoms with Crippen molar-refractivity contribution >= 4 is 23.0 Å². The molecule has 2 aromatic carbocycles. The normalized spacial score (nSPS) is 17.9. The minimum absolute atomic E-state index is 0.450. The van der Waals surface area contributed by atoms with Gasteiger partial charge in [-0.05, 0) is 49.1 Å². The zero-order valence-electron chi connectivity index (χ0n) is 11.6. The number of nitrogens with zero attached hydrogens (tertiary/aromatic N) is 1. The van der Waals surface area contributed by atoms with Gasteiger partial charge in [0, 0.05) is 18.3 Å². The summed E-state index contributed by atoms with van der Waals surface area (Å²) in [6.45, 7) is 2.77. The Hall–Kier alpha value is -1.51. The predicted octanol–water partition coefficient (Wildman–Crippen LogP) is 4.27. The number of para-hydroxylation sites is 1. The average Bonchev–Trinajstić information content (AvgIpc) is 2.48. The molecule has 1 unspecified atom stereocenters. The van der Waals surface area contributed by atoms with Gasteiger partial charge in [0.15, 0.2) is 0 Å². The minimum atomic E-state index is 0.450. The lowest BCUT2D eigenvalue weighted by molar-refractivity contribution is 0.618. The number of anilines is 2. The Morgan fingerprint density at radius 2 is 2.00 bits per heavy atom. The topological polar surface area (TPSA) is 29.3 Å². The van der Waals surface area contributed by atoms with Gasteiger partial charge in [-0.15, -0.1) is 0 Å². The molecule has 0 aliphatic carbocycles. The van der Waals surface area contributed by atoms with E-state index in [0.29, 0.717) is 12.6 Å². The van der Waals surface area contributed by atoms with Gasteiger partial charge in [-0.2, -0.15) is 0 Å². The molecule has 0 radical (unpaired) electrons. The van der Waals surface area contributed by atoms with Gasteiger partial charge < -0.3 is 10.6 Å². The van der Waals surface area contributed by atoms with E-state index in [2.05, 4.69) is 48.2 Å². The molecule has 2 N–H and O–H groups in total. The van der Waals surface area contributed by atoms with Crippen molar-refractivity contribution in [3.05, 3.63) is 58.6 Å². The molecule has 0 spiro atoms. The fourth-order valence-corrected chi connectivity index (χ4v) is 3.22. The molecule has 0 saturated carbocycles. The number of halogens is 1. The lowest BCUT2D eigenvalue weighted by Gasteiger charge is -2.37. The highest BCUT2D eigenvalue weighted by Crippen LogP contribution is 2.40. The molecule has 2 aromatic rings. The molecule has 0 aromatic heterocycles. The monoisotopic (exact) mass is 286 g/mol. The Morgan fingerprint density at radius 1 is 1.20 bits per heavy atom. The summed E-state index contributed by atoms with van der Waals surface area (Å²) in [5.41, 5.74) is 10.5. The molecule has 3 heteroatoms. The van der Waals surface area contributed by atoms with Gasteiger partial charge in [-0.1, -0.05) is 35.9 Å². The zero-order chi connectivity index (χ0) is 14.1. The minimum Gasteiger partial charge on any atom is -0.337 e. The Bertz CT molecular complexity index is 624. The van der Waals surface area contributed by atoms with E-state index in [1.807, 2.05) is 6.07 Å². The van der Waals surface area contributed by atoms with Gasteiger partial charge in [0.05, 0.1) is 10.7 Å². The van der Waals surface area contributed by atoms with Crippen LogP contribution < -0.4 is 10.6 Å². The van der Waals surface area contributed by atoms with E-state index < -0.39 is 0 Å². The Morgan fingerprint density at radius 3 is 2.75 bits per heavy atom. The van der Waals surface area contributed by atoms with Crippen molar-refractivity contribution in [1.29, 1.82) is 0 Å². The highest BCUT2D eigenvalue weighted by molar-refractivity contribution is 6.33. The molecule has 104 valence electrons. The van der Waals surface area contributed by atoms with Crippen LogP contribution in [0.2, 0.25) is 5.02 Å². The molecular weight excluding hydrogens is 268 g/mol. The van der Waals surface area contributed by atoms with Crippen LogP contribution in [-0.4, -0.2) is 6.04 Å². The van der Waals surface area contributed by atoms with Crippen LogP contribution in [0.3, 0.4) is 0 Å². The number of benzene rings is 2. The van der Waals surface area contributed by atoms with E-state index in [0.717, 1.165) is 29.1 Å². The lowest BCUT2D eigenvalue weighted by atomic mass is 9.96. The molecule has 1 heterocycles. The lowest BCUT2D eigenvalue weighted by Crippen LogP contribution is -2.33. The quantitative estimate of drug-likeness (QED) is 0.893. The third kappa shape index (κ3) is 2.30. The molecule has 0 saturated heterocycles. The van der Waals surface area contributed by atoms with Gasteiger partial charge in [0.2, 0.25) is 0 Å². The number of fused-ring (bicyclic) bond motifs is 1. The maximum atomic E-state index is 6.48. The second-order valence-corrected chi connectivity index (χ2v) is 5.78. The van der Waals surface area contributed by atoms with Gasteiger partial charge in [0.1, 0.15) is 0 Å². The van der Waals surface area contributed by atoms with E-state index in [-0.39, 0.29) is 0 Å². The van der Waals surface area contributed by atoms with Crippen molar-refractivity contribution in [2.75, 3.05) is 4.90 Å². The number of hydrogen-bond donors (Lipinski definition) is 1. The summed E-state index contributed by atoms with van der Waals surface area (Å²) in [5, 5.41) is 0.775. The first-order valence-corrected chi connectivity index (χ1v) is 7.44. The van der Waals surface area contributed by atoms with Gasteiger partial charge in [-0.25, -0.2) is 0 Å². The van der Waals surface area contributed by atoms with Crippen molar-refractivity contribution in [3.63, 3.8) is 0 Å². The summed E-state index contributed by atoms with van der Waals surface area (Å²) in [7, 11) is 0. The molecule has 1 aliphatic heterocycles. The van der Waals surface area contributed by atoms with Crippen LogP contribution in [0.1, 0.15) is 24.5 Å². The van der Waals surface area contributed by atoms with Crippen LogP contribution in [0.5, 0.6) is 0 Å². The third-order valence-corrected chi connectivity index (χ3v) is 4.33. The van der Waals surface area contributed by atoms with Crippen LogP contribution in [0.4, 0.5) is 11.4 Å². The maximum absolute atomic E-state index is 6.48. The maximum Gasteiger partial charge on any atom is 0.0646 e. The highest BCUT2D eigenvalue weighted by atomic mass is 35.5. The van der Waals surface area contributed by atoms with Crippen LogP contribution in [0.25, 0.3) is 0 Å². The van der Waals surface area contributed by atoms with Crippen LogP contribution in [0, 0.1) is 0 Å². The fraction of sp³-hybridized carbons (Fsp3) is 0.294. The largest absolute Gasteiger partial charge is 0.337 e. The SMILES string of the molecule is CC1CCc2ccccc2N1c1ccc(CN)cc1Cl. The summed E-state index contributed by atoms with van der Waals surface area (Å²) in [4.78, 5) is 2.35. The fourth-order valence-electron chi connectivity index (χ4n) is 2.93. The van der Waals surface area contributed by atoms with Gasteiger partial charge in [0.25, 0.3) is 0 Å². The average molecular weight is 287 g/mol. The molecule has 1 atom stereocenters. The second-order valence-electron chi connectivity index (χ2n) is 5.38. The number of nitrogens with two attached hydrogens (primary N) is 1. The summed E-state index contributed by atoms with van der Waals surface area (Å²) < 4.78 is 0. The number of aryl methyl sites for hydroxylation is 1. The predicted molar refractivity (Wildman–Crippen MR) is 85.7 cm³/mol. The number of hydrogen-bond acceptors (Lipinski definition) is 2. The van der Waals surface area contributed by atoms with Crippen LogP contribution in [0.15, 0.2) is 42.5 Å². The molecule has 20 heavy (non-hydrogen) atoms. The van der Waals surface area contributed by atoms with Crippen molar-refractivity contribution in [2.45, 2.75) is 32.4 Å². The van der Waals surface area contributed by atoms with Crippen molar-refractivity contribution in [3.8, 4) is 0 Å². The third-order valence-electron chi connectivity index (χ3n) is 4.03. The Labute approximate surface area is 125 Å². The van der Waals surface area contributed by atoms with Crippen LogP contribution >= 0.6 is 11.6 Å². The molecule has 2 nitrogen and oxygen atoms in total. The summed E-state index contributed by atoms with van der Waals surface area (Å²) in [5.74, 6) is 0. The molecule has 3 rings (SSSR count). The van der Waals surface area contributed by atoms with Gasteiger partial charge >= 0.3 is 0 Å². The van der Waals surface area contributed by atoms with Crippen molar-refractivity contribution in [1.82, 2.24) is 0 Å². The summed E-state index contributed by atoms with van der Waals surface area (Å²) in [6, 6.07) is 15.1. The second kappa shape index (κ2) is 5.47. The highest BCUT2D eigenvalue weighted by Gasteiger charge is 2.25. The molecular formula is C17H19ClN2. The summed E-state index contributed by atoms with van der Waals surface area (Å²) >= 11 is 6.48. The van der Waals surface area contributed by atoms with E-state index >= 15 is 0 Å². The number of rotatable bonds is 2.